The monoisotopic (exact) mass is 389 g/mol. The molecule has 1 aliphatic heterocycles. The summed E-state index contributed by atoms with van der Waals surface area (Å²) < 4.78 is 6.85. The summed E-state index contributed by atoms with van der Waals surface area (Å²) in [4.78, 5) is 26.3. The normalized spacial score (nSPS) is 15.5. The Balaban J connectivity index is 1.45. The van der Waals surface area contributed by atoms with Crippen LogP contribution >= 0.6 is 11.6 Å². The Hall–Kier alpha value is -2.31. The van der Waals surface area contributed by atoms with E-state index in [2.05, 4.69) is 10.2 Å². The summed E-state index contributed by atoms with van der Waals surface area (Å²) >= 11 is 5.93. The number of aromatic nitrogens is 1. The first-order valence-corrected chi connectivity index (χ1v) is 9.47. The van der Waals surface area contributed by atoms with Crippen LogP contribution in [0.3, 0.4) is 0 Å². The summed E-state index contributed by atoms with van der Waals surface area (Å²) in [6.07, 6.45) is 4.25. The first-order chi connectivity index (χ1) is 13.1. The second-order valence-electron chi connectivity index (χ2n) is 6.67. The van der Waals surface area contributed by atoms with E-state index >= 15 is 0 Å². The molecule has 0 saturated carbocycles. The van der Waals surface area contributed by atoms with Crippen LogP contribution in [0.4, 0.5) is 5.69 Å². The van der Waals surface area contributed by atoms with E-state index in [0.717, 1.165) is 25.9 Å². The third-order valence-corrected chi connectivity index (χ3v) is 5.12. The Kier molecular flexibility index (Phi) is 6.53. The molecule has 6 nitrogen and oxygen atoms in total. The van der Waals surface area contributed by atoms with Gasteiger partial charge in [0.15, 0.2) is 0 Å². The fourth-order valence-electron chi connectivity index (χ4n) is 3.46. The van der Waals surface area contributed by atoms with E-state index in [4.69, 9.17) is 16.3 Å². The van der Waals surface area contributed by atoms with Gasteiger partial charge >= 0.3 is 5.97 Å². The quantitative estimate of drug-likeness (QED) is 0.767. The van der Waals surface area contributed by atoms with Crippen molar-refractivity contribution < 1.29 is 14.3 Å². The molecule has 1 aromatic heterocycles. The lowest BCUT2D eigenvalue weighted by molar-refractivity contribution is -0.116. The standard InChI is InChI=1S/C20H24ClN3O3/c1-27-20(26)18-6-3-10-24(18)17-7-11-23(12-8-17)13-9-19(25)22-16-5-2-4-15(21)14-16/h2-6,10,14,17H,7-9,11-13H2,1H3,(H,22,25). The smallest absolute Gasteiger partial charge is 0.354 e. The highest BCUT2D eigenvalue weighted by Gasteiger charge is 2.24. The van der Waals surface area contributed by atoms with Gasteiger partial charge in [0.2, 0.25) is 5.91 Å². The van der Waals surface area contributed by atoms with Crippen molar-refractivity contribution in [3.63, 3.8) is 0 Å². The van der Waals surface area contributed by atoms with Gasteiger partial charge in [-0.15, -0.1) is 0 Å². The molecule has 0 bridgehead atoms. The number of esters is 1. The molecule has 0 spiro atoms. The van der Waals surface area contributed by atoms with E-state index in [1.54, 1.807) is 18.2 Å². The van der Waals surface area contributed by atoms with Crippen molar-refractivity contribution in [2.45, 2.75) is 25.3 Å². The third-order valence-electron chi connectivity index (χ3n) is 4.89. The van der Waals surface area contributed by atoms with Crippen molar-refractivity contribution in [3.05, 3.63) is 53.3 Å². The average Bonchev–Trinajstić information content (AvgIpc) is 3.16. The maximum Gasteiger partial charge on any atom is 0.354 e. The highest BCUT2D eigenvalue weighted by Crippen LogP contribution is 2.25. The molecular formula is C20H24ClN3O3. The molecule has 1 aromatic carbocycles. The number of anilines is 1. The number of carbonyl (C=O) groups is 2. The average molecular weight is 390 g/mol. The number of rotatable bonds is 6. The molecule has 1 saturated heterocycles. The van der Waals surface area contributed by atoms with E-state index in [9.17, 15) is 9.59 Å². The predicted molar refractivity (Wildman–Crippen MR) is 105 cm³/mol. The van der Waals surface area contributed by atoms with Gasteiger partial charge < -0.3 is 19.5 Å². The summed E-state index contributed by atoms with van der Waals surface area (Å²) in [5, 5.41) is 3.48. The summed E-state index contributed by atoms with van der Waals surface area (Å²) in [6.45, 7) is 2.51. The Bertz CT molecular complexity index is 797. The SMILES string of the molecule is COC(=O)c1cccn1C1CCN(CCC(=O)Nc2cccc(Cl)c2)CC1. The number of hydrogen-bond donors (Lipinski definition) is 1. The van der Waals surface area contributed by atoms with Crippen molar-refractivity contribution in [1.82, 2.24) is 9.47 Å². The van der Waals surface area contributed by atoms with Gasteiger partial charge in [-0.3, -0.25) is 4.79 Å². The summed E-state index contributed by atoms with van der Waals surface area (Å²) in [5.41, 5.74) is 1.31. The minimum Gasteiger partial charge on any atom is -0.464 e. The van der Waals surface area contributed by atoms with Crippen molar-refractivity contribution in [3.8, 4) is 0 Å². The van der Waals surface area contributed by atoms with Gasteiger partial charge in [0, 0.05) is 49.0 Å². The summed E-state index contributed by atoms with van der Waals surface area (Å²) in [7, 11) is 1.40. The maximum atomic E-state index is 12.1. The van der Waals surface area contributed by atoms with Crippen molar-refractivity contribution in [2.75, 3.05) is 32.1 Å². The number of piperidine rings is 1. The molecule has 144 valence electrons. The van der Waals surface area contributed by atoms with Crippen molar-refractivity contribution in [2.24, 2.45) is 0 Å². The van der Waals surface area contributed by atoms with Gasteiger partial charge in [0.25, 0.3) is 0 Å². The van der Waals surface area contributed by atoms with Crippen LogP contribution in [-0.2, 0) is 9.53 Å². The lowest BCUT2D eigenvalue weighted by Crippen LogP contribution is -2.37. The van der Waals surface area contributed by atoms with Crippen molar-refractivity contribution >= 4 is 29.2 Å². The van der Waals surface area contributed by atoms with E-state index in [-0.39, 0.29) is 17.9 Å². The van der Waals surface area contributed by atoms with Gasteiger partial charge in [-0.2, -0.15) is 0 Å². The number of carbonyl (C=O) groups excluding carboxylic acids is 2. The van der Waals surface area contributed by atoms with E-state index in [1.165, 1.54) is 7.11 Å². The van der Waals surface area contributed by atoms with Gasteiger partial charge in [-0.25, -0.2) is 4.79 Å². The zero-order chi connectivity index (χ0) is 19.2. The number of methoxy groups -OCH3 is 1. The highest BCUT2D eigenvalue weighted by atomic mass is 35.5. The molecule has 2 aromatic rings. The minimum absolute atomic E-state index is 0.0159. The number of likely N-dealkylation sites (tertiary alicyclic amines) is 1. The zero-order valence-corrected chi connectivity index (χ0v) is 16.1. The number of ether oxygens (including phenoxy) is 1. The van der Waals surface area contributed by atoms with E-state index in [0.29, 0.717) is 29.4 Å². The number of benzene rings is 1. The molecule has 1 amide bonds. The van der Waals surface area contributed by atoms with Crippen molar-refractivity contribution in [1.29, 1.82) is 0 Å². The lowest BCUT2D eigenvalue weighted by Gasteiger charge is -2.33. The Morgan fingerprint density at radius 2 is 2.00 bits per heavy atom. The van der Waals surface area contributed by atoms with Crippen LogP contribution in [0.25, 0.3) is 0 Å². The highest BCUT2D eigenvalue weighted by molar-refractivity contribution is 6.30. The molecule has 3 rings (SSSR count). The molecule has 7 heteroatoms. The Labute approximate surface area is 164 Å². The van der Waals surface area contributed by atoms with Gasteiger partial charge in [0.1, 0.15) is 5.69 Å². The minimum atomic E-state index is -0.305. The molecule has 1 N–H and O–H groups in total. The van der Waals surface area contributed by atoms with E-state index < -0.39 is 0 Å². The fraction of sp³-hybridized carbons (Fsp3) is 0.400. The van der Waals surface area contributed by atoms with Crippen LogP contribution in [0.1, 0.15) is 35.8 Å². The summed E-state index contributed by atoms with van der Waals surface area (Å²) in [5.74, 6) is -0.321. The number of nitrogens with one attached hydrogen (secondary N) is 1. The van der Waals surface area contributed by atoms with Crippen LogP contribution in [0, 0.1) is 0 Å². The number of amides is 1. The van der Waals surface area contributed by atoms with Gasteiger partial charge in [0.05, 0.1) is 7.11 Å². The number of hydrogen-bond acceptors (Lipinski definition) is 4. The summed E-state index contributed by atoms with van der Waals surface area (Å²) in [6, 6.07) is 11.1. The van der Waals surface area contributed by atoms with Crippen LogP contribution in [0.5, 0.6) is 0 Å². The molecule has 0 radical (unpaired) electrons. The Morgan fingerprint density at radius 1 is 1.22 bits per heavy atom. The molecule has 0 unspecified atom stereocenters. The zero-order valence-electron chi connectivity index (χ0n) is 15.4. The van der Waals surface area contributed by atoms with Crippen LogP contribution in [0.2, 0.25) is 5.02 Å². The van der Waals surface area contributed by atoms with Gasteiger partial charge in [-0.1, -0.05) is 17.7 Å². The lowest BCUT2D eigenvalue weighted by atomic mass is 10.0. The largest absolute Gasteiger partial charge is 0.464 e. The third kappa shape index (κ3) is 5.11. The van der Waals surface area contributed by atoms with Gasteiger partial charge in [-0.05, 0) is 43.2 Å². The van der Waals surface area contributed by atoms with Crippen LogP contribution < -0.4 is 5.32 Å². The first kappa shape index (κ1) is 19.5. The maximum absolute atomic E-state index is 12.1. The second kappa shape index (κ2) is 9.06. The first-order valence-electron chi connectivity index (χ1n) is 9.10. The number of nitrogens with zero attached hydrogens (tertiary/aromatic N) is 2. The Morgan fingerprint density at radius 3 is 2.70 bits per heavy atom. The molecule has 1 fully saturated rings. The predicted octanol–water partition coefficient (Wildman–Crippen LogP) is 3.59. The molecular weight excluding hydrogens is 366 g/mol. The second-order valence-corrected chi connectivity index (χ2v) is 7.11. The molecule has 27 heavy (non-hydrogen) atoms. The van der Waals surface area contributed by atoms with Crippen LogP contribution in [0.15, 0.2) is 42.6 Å². The molecule has 0 atom stereocenters. The molecule has 2 heterocycles. The fourth-order valence-corrected chi connectivity index (χ4v) is 3.65. The van der Waals surface area contributed by atoms with E-state index in [1.807, 2.05) is 29.0 Å². The van der Waals surface area contributed by atoms with Crippen LogP contribution in [-0.4, -0.2) is 48.1 Å². The number of halogens is 1. The molecule has 0 aliphatic carbocycles. The topological polar surface area (TPSA) is 63.6 Å². The molecule has 1 aliphatic rings.